The van der Waals surface area contributed by atoms with Crippen LogP contribution in [0.5, 0.6) is 0 Å². The Morgan fingerprint density at radius 1 is 1.00 bits per heavy atom. The van der Waals surface area contributed by atoms with Crippen LogP contribution in [0.15, 0.2) is 0 Å². The number of hydrazine groups is 1. The Kier molecular flexibility index (Phi) is 4.99. The second kappa shape index (κ2) is 6.54. The van der Waals surface area contributed by atoms with Gasteiger partial charge in [0, 0.05) is 38.3 Å². The van der Waals surface area contributed by atoms with Crippen molar-refractivity contribution in [2.75, 3.05) is 33.2 Å². The summed E-state index contributed by atoms with van der Waals surface area (Å²) in [5.41, 5.74) is 2.75. The number of piperazine rings is 1. The van der Waals surface area contributed by atoms with Crippen LogP contribution in [0.25, 0.3) is 0 Å². The molecule has 6 nitrogen and oxygen atoms in total. The molecule has 2 saturated heterocycles. The quantitative estimate of drug-likeness (QED) is 0.691. The lowest BCUT2D eigenvalue weighted by atomic mass is 9.97. The van der Waals surface area contributed by atoms with E-state index in [9.17, 15) is 9.59 Å². The lowest BCUT2D eigenvalue weighted by molar-refractivity contribution is -0.152. The summed E-state index contributed by atoms with van der Waals surface area (Å²) in [6, 6.07) is 0.314. The molecule has 2 heterocycles. The Bertz CT molecular complexity index is 356. The number of hydrogen-bond acceptors (Lipinski definition) is 4. The van der Waals surface area contributed by atoms with Gasteiger partial charge < -0.3 is 9.80 Å². The zero-order valence-electron chi connectivity index (χ0n) is 12.8. The number of piperidine rings is 1. The molecular formula is C14H26N4O2. The Balaban J connectivity index is 1.89. The van der Waals surface area contributed by atoms with Crippen molar-refractivity contribution < 1.29 is 9.59 Å². The molecule has 0 spiro atoms. The summed E-state index contributed by atoms with van der Waals surface area (Å²) < 4.78 is 0. The number of likely N-dealkylation sites (N-methyl/N-ethyl adjacent to an activating group) is 1. The highest BCUT2D eigenvalue weighted by Gasteiger charge is 2.33. The predicted octanol–water partition coefficient (Wildman–Crippen LogP) is 0.0545. The molecule has 2 amide bonds. The monoisotopic (exact) mass is 282 g/mol. The summed E-state index contributed by atoms with van der Waals surface area (Å²) >= 11 is 0. The van der Waals surface area contributed by atoms with E-state index in [1.54, 1.807) is 4.90 Å². The van der Waals surface area contributed by atoms with Gasteiger partial charge in [-0.2, -0.15) is 0 Å². The van der Waals surface area contributed by atoms with Gasteiger partial charge in [0.15, 0.2) is 0 Å². The van der Waals surface area contributed by atoms with Crippen LogP contribution in [0.1, 0.15) is 33.1 Å². The third-order valence-electron chi connectivity index (χ3n) is 4.39. The highest BCUT2D eigenvalue weighted by atomic mass is 16.2. The van der Waals surface area contributed by atoms with Gasteiger partial charge in [0.25, 0.3) is 0 Å². The highest BCUT2D eigenvalue weighted by Crippen LogP contribution is 2.22. The van der Waals surface area contributed by atoms with Gasteiger partial charge in [-0.15, -0.1) is 0 Å². The van der Waals surface area contributed by atoms with E-state index < -0.39 is 5.91 Å². The number of carbonyl (C=O) groups is 2. The zero-order chi connectivity index (χ0) is 14.7. The fourth-order valence-electron chi connectivity index (χ4n) is 3.05. The maximum atomic E-state index is 12.3. The molecule has 0 aromatic rings. The first-order valence-electron chi connectivity index (χ1n) is 7.56. The number of nitrogens with one attached hydrogen (secondary N) is 1. The average molecular weight is 282 g/mol. The fraction of sp³-hybridized carbons (Fsp3) is 0.857. The molecule has 0 aromatic carbocycles. The standard InChI is InChI=1S/C14H26N4O2/c1-11-5-4-6-12(2)18(11)14(20)13(19)15-17-9-7-16(3)8-10-17/h11-12H,4-10H2,1-3H3,(H,15,19). The molecular weight excluding hydrogens is 256 g/mol. The van der Waals surface area contributed by atoms with Crippen molar-refractivity contribution in [3.8, 4) is 0 Å². The molecule has 2 aliphatic heterocycles. The van der Waals surface area contributed by atoms with Gasteiger partial charge >= 0.3 is 11.8 Å². The minimum Gasteiger partial charge on any atom is -0.329 e. The number of hydrogen-bond donors (Lipinski definition) is 1. The molecule has 2 aliphatic rings. The zero-order valence-corrected chi connectivity index (χ0v) is 12.8. The van der Waals surface area contributed by atoms with Gasteiger partial charge in [-0.3, -0.25) is 15.0 Å². The van der Waals surface area contributed by atoms with Crippen LogP contribution in [-0.4, -0.2) is 71.9 Å². The third kappa shape index (κ3) is 3.49. The smallest absolute Gasteiger partial charge is 0.323 e. The van der Waals surface area contributed by atoms with Crippen molar-refractivity contribution in [2.24, 2.45) is 0 Å². The van der Waals surface area contributed by atoms with Gasteiger partial charge in [0.05, 0.1) is 0 Å². The summed E-state index contributed by atoms with van der Waals surface area (Å²) in [5.74, 6) is -0.876. The lowest BCUT2D eigenvalue weighted by Gasteiger charge is -2.39. The molecule has 2 atom stereocenters. The largest absolute Gasteiger partial charge is 0.329 e. The normalized spacial score (nSPS) is 29.2. The number of nitrogens with zero attached hydrogens (tertiary/aromatic N) is 3. The summed E-state index contributed by atoms with van der Waals surface area (Å²) in [6.45, 7) is 7.39. The minimum absolute atomic E-state index is 0.157. The minimum atomic E-state index is -0.491. The summed E-state index contributed by atoms with van der Waals surface area (Å²) in [6.07, 6.45) is 3.10. The first-order chi connectivity index (χ1) is 9.49. The molecule has 0 radical (unpaired) electrons. The van der Waals surface area contributed by atoms with Crippen molar-refractivity contribution >= 4 is 11.8 Å². The maximum Gasteiger partial charge on any atom is 0.323 e. The molecule has 20 heavy (non-hydrogen) atoms. The Morgan fingerprint density at radius 2 is 1.55 bits per heavy atom. The van der Waals surface area contributed by atoms with Crippen LogP contribution >= 0.6 is 0 Å². The van der Waals surface area contributed by atoms with Gasteiger partial charge in [0.1, 0.15) is 0 Å². The van der Waals surface area contributed by atoms with Gasteiger partial charge in [-0.25, -0.2) is 5.01 Å². The Morgan fingerprint density at radius 3 is 2.10 bits per heavy atom. The summed E-state index contributed by atoms with van der Waals surface area (Å²) in [4.78, 5) is 28.4. The van der Waals surface area contributed by atoms with Gasteiger partial charge in [0.2, 0.25) is 0 Å². The van der Waals surface area contributed by atoms with E-state index in [1.165, 1.54) is 0 Å². The van der Waals surface area contributed by atoms with Crippen LogP contribution in [-0.2, 0) is 9.59 Å². The predicted molar refractivity (Wildman–Crippen MR) is 76.8 cm³/mol. The molecule has 0 aliphatic carbocycles. The van der Waals surface area contributed by atoms with Gasteiger partial charge in [-0.05, 0) is 40.2 Å². The fourth-order valence-corrected chi connectivity index (χ4v) is 3.05. The summed E-state index contributed by atoms with van der Waals surface area (Å²) in [5, 5.41) is 1.85. The van der Waals surface area contributed by atoms with Crippen molar-refractivity contribution in [2.45, 2.75) is 45.2 Å². The van der Waals surface area contributed by atoms with E-state index >= 15 is 0 Å². The number of amides is 2. The molecule has 6 heteroatoms. The molecule has 114 valence electrons. The van der Waals surface area contributed by atoms with Crippen LogP contribution in [0.4, 0.5) is 0 Å². The number of carbonyl (C=O) groups excluding carboxylic acids is 2. The van der Waals surface area contributed by atoms with Crippen molar-refractivity contribution in [3.63, 3.8) is 0 Å². The van der Waals surface area contributed by atoms with Crippen molar-refractivity contribution in [1.82, 2.24) is 20.2 Å². The topological polar surface area (TPSA) is 55.9 Å². The molecule has 0 bridgehead atoms. The van der Waals surface area contributed by atoms with Crippen molar-refractivity contribution in [1.29, 1.82) is 0 Å². The van der Waals surface area contributed by atoms with E-state index in [0.29, 0.717) is 0 Å². The molecule has 2 unspecified atom stereocenters. The van der Waals surface area contributed by atoms with Crippen LogP contribution in [0.2, 0.25) is 0 Å². The molecule has 2 fully saturated rings. The van der Waals surface area contributed by atoms with Gasteiger partial charge in [-0.1, -0.05) is 0 Å². The van der Waals surface area contributed by atoms with Crippen molar-refractivity contribution in [3.05, 3.63) is 0 Å². The second-order valence-electron chi connectivity index (χ2n) is 6.07. The molecule has 1 N–H and O–H groups in total. The van der Waals surface area contributed by atoms with E-state index in [4.69, 9.17) is 0 Å². The summed E-state index contributed by atoms with van der Waals surface area (Å²) in [7, 11) is 2.06. The number of rotatable bonds is 1. The van der Waals surface area contributed by atoms with E-state index in [-0.39, 0.29) is 18.0 Å². The molecule has 0 saturated carbocycles. The van der Waals surface area contributed by atoms with E-state index in [1.807, 2.05) is 18.9 Å². The molecule has 0 aromatic heterocycles. The van der Waals surface area contributed by atoms with E-state index in [2.05, 4.69) is 17.4 Å². The van der Waals surface area contributed by atoms with Crippen LogP contribution in [0.3, 0.4) is 0 Å². The SMILES string of the molecule is CC1CCCC(C)N1C(=O)C(=O)NN1CCN(C)CC1. The van der Waals surface area contributed by atoms with Crippen LogP contribution < -0.4 is 5.43 Å². The third-order valence-corrected chi connectivity index (χ3v) is 4.39. The maximum absolute atomic E-state index is 12.3. The van der Waals surface area contributed by atoms with Crippen LogP contribution in [0, 0.1) is 0 Å². The average Bonchev–Trinajstić information content (AvgIpc) is 2.41. The highest BCUT2D eigenvalue weighted by molar-refractivity contribution is 6.35. The Hall–Kier alpha value is -1.14. The molecule has 2 rings (SSSR count). The lowest BCUT2D eigenvalue weighted by Crippen LogP contribution is -2.58. The Labute approximate surface area is 121 Å². The van der Waals surface area contributed by atoms with E-state index in [0.717, 1.165) is 45.4 Å². The first-order valence-corrected chi connectivity index (χ1v) is 7.56. The number of likely N-dealkylation sites (tertiary alicyclic amines) is 1. The second-order valence-corrected chi connectivity index (χ2v) is 6.07. The first kappa shape index (κ1) is 15.3.